The molecule has 0 unspecified atom stereocenters. The van der Waals surface area contributed by atoms with Crippen LogP contribution in [0.25, 0.3) is 0 Å². The third kappa shape index (κ3) is 3.65. The van der Waals surface area contributed by atoms with Gasteiger partial charge in [-0.3, -0.25) is 4.79 Å². The zero-order valence-corrected chi connectivity index (χ0v) is 11.8. The minimum absolute atomic E-state index is 0.163. The van der Waals surface area contributed by atoms with E-state index in [1.54, 1.807) is 36.0 Å². The van der Waals surface area contributed by atoms with E-state index < -0.39 is 0 Å². The van der Waals surface area contributed by atoms with Crippen molar-refractivity contribution in [1.82, 2.24) is 0 Å². The van der Waals surface area contributed by atoms with Gasteiger partial charge in [-0.05, 0) is 30.3 Å². The summed E-state index contributed by atoms with van der Waals surface area (Å²) in [7, 11) is 0. The average molecular weight is 284 g/mol. The third-order valence-corrected chi connectivity index (χ3v) is 3.71. The first-order valence-corrected chi connectivity index (χ1v) is 7.19. The quantitative estimate of drug-likeness (QED) is 0.499. The van der Waals surface area contributed by atoms with Crippen molar-refractivity contribution in [3.63, 3.8) is 0 Å². The summed E-state index contributed by atoms with van der Waals surface area (Å²) in [5.74, 6) is 0.634. The maximum atomic E-state index is 12.2. The van der Waals surface area contributed by atoms with Crippen LogP contribution in [0.5, 0.6) is 0 Å². The molecule has 102 valence electrons. The minimum atomic E-state index is -0.163. The Morgan fingerprint density at radius 2 is 2.05 bits per heavy atom. The van der Waals surface area contributed by atoms with Gasteiger partial charge in [0.25, 0.3) is 5.91 Å². The largest absolute Gasteiger partial charge is 0.399 e. The molecule has 0 fully saturated rings. The molecule has 0 radical (unpaired) electrons. The molecule has 20 heavy (non-hydrogen) atoms. The molecule has 2 rings (SSSR count). The third-order valence-electron chi connectivity index (χ3n) is 2.64. The highest BCUT2D eigenvalue weighted by Gasteiger charge is 2.09. The summed E-state index contributed by atoms with van der Waals surface area (Å²) < 4.78 is 0. The molecular formula is C16H16N2OS. The van der Waals surface area contributed by atoms with Crippen molar-refractivity contribution in [2.45, 2.75) is 4.90 Å². The Balaban J connectivity index is 2.17. The summed E-state index contributed by atoms with van der Waals surface area (Å²) in [5, 5.41) is 2.91. The Bertz CT molecular complexity index is 625. The van der Waals surface area contributed by atoms with E-state index in [0.717, 1.165) is 16.3 Å². The topological polar surface area (TPSA) is 55.1 Å². The number of nitrogens with one attached hydrogen (secondary N) is 1. The molecule has 0 aliphatic rings. The van der Waals surface area contributed by atoms with Gasteiger partial charge in [0.2, 0.25) is 0 Å². The fourth-order valence-corrected chi connectivity index (χ4v) is 2.47. The predicted molar refractivity (Wildman–Crippen MR) is 86.2 cm³/mol. The summed E-state index contributed by atoms with van der Waals surface area (Å²) in [6.45, 7) is 3.70. The SMILES string of the molecule is C=CCSc1ccccc1NC(=O)c1cccc(N)c1. The van der Waals surface area contributed by atoms with Gasteiger partial charge in [0.05, 0.1) is 5.69 Å². The molecule has 4 heteroatoms. The van der Waals surface area contributed by atoms with Crippen molar-refractivity contribution in [3.05, 3.63) is 66.7 Å². The summed E-state index contributed by atoms with van der Waals surface area (Å²) >= 11 is 1.63. The number of carbonyl (C=O) groups is 1. The lowest BCUT2D eigenvalue weighted by Gasteiger charge is -2.10. The van der Waals surface area contributed by atoms with Gasteiger partial charge in [0.15, 0.2) is 0 Å². The molecule has 2 aromatic carbocycles. The molecule has 0 aliphatic heterocycles. The van der Waals surface area contributed by atoms with Crippen molar-refractivity contribution in [2.24, 2.45) is 0 Å². The molecule has 2 aromatic rings. The zero-order chi connectivity index (χ0) is 14.4. The highest BCUT2D eigenvalue weighted by molar-refractivity contribution is 7.99. The standard InChI is InChI=1S/C16H16N2OS/c1-2-10-20-15-9-4-3-8-14(15)18-16(19)12-6-5-7-13(17)11-12/h2-9,11H,1,10,17H2,(H,18,19). The van der Waals surface area contributed by atoms with E-state index in [1.165, 1.54) is 0 Å². The van der Waals surface area contributed by atoms with Crippen LogP contribution in [0.15, 0.2) is 66.1 Å². The van der Waals surface area contributed by atoms with E-state index in [9.17, 15) is 4.79 Å². The van der Waals surface area contributed by atoms with E-state index in [0.29, 0.717) is 11.3 Å². The molecule has 1 amide bonds. The van der Waals surface area contributed by atoms with Crippen molar-refractivity contribution in [1.29, 1.82) is 0 Å². The first kappa shape index (κ1) is 14.2. The molecule has 0 saturated heterocycles. The number of hydrogen-bond acceptors (Lipinski definition) is 3. The van der Waals surface area contributed by atoms with Gasteiger partial charge in [-0.1, -0.05) is 24.3 Å². The van der Waals surface area contributed by atoms with E-state index in [-0.39, 0.29) is 5.91 Å². The maximum absolute atomic E-state index is 12.2. The molecule has 0 spiro atoms. The monoisotopic (exact) mass is 284 g/mol. The predicted octanol–water partition coefficient (Wildman–Crippen LogP) is 3.80. The summed E-state index contributed by atoms with van der Waals surface area (Å²) in [4.78, 5) is 13.2. The first-order chi connectivity index (χ1) is 9.70. The summed E-state index contributed by atoms with van der Waals surface area (Å²) in [6, 6.07) is 14.6. The minimum Gasteiger partial charge on any atom is -0.399 e. The molecule has 0 bridgehead atoms. The Morgan fingerprint density at radius 1 is 1.25 bits per heavy atom. The molecule has 3 N–H and O–H groups in total. The van der Waals surface area contributed by atoms with Crippen LogP contribution in [0.1, 0.15) is 10.4 Å². The van der Waals surface area contributed by atoms with E-state index in [2.05, 4.69) is 11.9 Å². The Labute approximate surface area is 122 Å². The van der Waals surface area contributed by atoms with Gasteiger partial charge < -0.3 is 11.1 Å². The molecule has 0 atom stereocenters. The number of nitrogen functional groups attached to an aromatic ring is 1. The fourth-order valence-electron chi connectivity index (χ4n) is 1.72. The molecule has 0 heterocycles. The number of amides is 1. The lowest BCUT2D eigenvalue weighted by atomic mass is 10.2. The second-order valence-corrected chi connectivity index (χ2v) is 5.24. The second-order valence-electron chi connectivity index (χ2n) is 4.18. The first-order valence-electron chi connectivity index (χ1n) is 6.20. The van der Waals surface area contributed by atoms with Crippen LogP contribution in [0.4, 0.5) is 11.4 Å². The average Bonchev–Trinajstić information content (AvgIpc) is 2.46. The van der Waals surface area contributed by atoms with E-state index in [1.807, 2.05) is 30.3 Å². The van der Waals surface area contributed by atoms with Crippen molar-refractivity contribution in [2.75, 3.05) is 16.8 Å². The number of anilines is 2. The van der Waals surface area contributed by atoms with Crippen LogP contribution in [-0.4, -0.2) is 11.7 Å². The maximum Gasteiger partial charge on any atom is 0.255 e. The van der Waals surface area contributed by atoms with Crippen molar-refractivity contribution < 1.29 is 4.79 Å². The second kappa shape index (κ2) is 6.82. The summed E-state index contributed by atoms with van der Waals surface area (Å²) in [6.07, 6.45) is 1.83. The van der Waals surface area contributed by atoms with Gasteiger partial charge in [-0.25, -0.2) is 0 Å². The van der Waals surface area contributed by atoms with Crippen molar-refractivity contribution in [3.8, 4) is 0 Å². The zero-order valence-electron chi connectivity index (χ0n) is 11.0. The van der Waals surface area contributed by atoms with E-state index in [4.69, 9.17) is 5.73 Å². The summed E-state index contributed by atoms with van der Waals surface area (Å²) in [5.41, 5.74) is 7.61. The van der Waals surface area contributed by atoms with Crippen LogP contribution < -0.4 is 11.1 Å². The van der Waals surface area contributed by atoms with Crippen LogP contribution in [0.2, 0.25) is 0 Å². The van der Waals surface area contributed by atoms with Gasteiger partial charge in [-0.15, -0.1) is 18.3 Å². The smallest absolute Gasteiger partial charge is 0.255 e. The van der Waals surface area contributed by atoms with Crippen LogP contribution in [0, 0.1) is 0 Å². The fraction of sp³-hybridized carbons (Fsp3) is 0.0625. The van der Waals surface area contributed by atoms with Crippen molar-refractivity contribution >= 4 is 29.0 Å². The van der Waals surface area contributed by atoms with Gasteiger partial charge >= 0.3 is 0 Å². The molecular weight excluding hydrogens is 268 g/mol. The number of nitrogens with two attached hydrogens (primary N) is 1. The molecule has 0 aliphatic carbocycles. The van der Waals surface area contributed by atoms with E-state index >= 15 is 0 Å². The van der Waals surface area contributed by atoms with Gasteiger partial charge in [0.1, 0.15) is 0 Å². The van der Waals surface area contributed by atoms with Crippen LogP contribution in [-0.2, 0) is 0 Å². The van der Waals surface area contributed by atoms with Crippen LogP contribution in [0.3, 0.4) is 0 Å². The highest BCUT2D eigenvalue weighted by Crippen LogP contribution is 2.27. The normalized spacial score (nSPS) is 10.0. The Hall–Kier alpha value is -2.20. The number of para-hydroxylation sites is 1. The number of rotatable bonds is 5. The van der Waals surface area contributed by atoms with Crippen LogP contribution >= 0.6 is 11.8 Å². The van der Waals surface area contributed by atoms with Gasteiger partial charge in [0, 0.05) is 21.9 Å². The number of benzene rings is 2. The lowest BCUT2D eigenvalue weighted by molar-refractivity contribution is 0.102. The Kier molecular flexibility index (Phi) is 4.85. The molecule has 0 saturated carbocycles. The Morgan fingerprint density at radius 3 is 2.80 bits per heavy atom. The molecule has 3 nitrogen and oxygen atoms in total. The number of thioether (sulfide) groups is 1. The highest BCUT2D eigenvalue weighted by atomic mass is 32.2. The lowest BCUT2D eigenvalue weighted by Crippen LogP contribution is -2.12. The van der Waals surface area contributed by atoms with Gasteiger partial charge in [-0.2, -0.15) is 0 Å². The molecule has 0 aromatic heterocycles. The number of carbonyl (C=O) groups excluding carboxylic acids is 1. The number of hydrogen-bond donors (Lipinski definition) is 2.